The van der Waals surface area contributed by atoms with Crippen molar-refractivity contribution in [1.29, 1.82) is 0 Å². The smallest absolute Gasteiger partial charge is 0.326 e. The van der Waals surface area contributed by atoms with Gasteiger partial charge in [0.25, 0.3) is 5.91 Å². The maximum absolute atomic E-state index is 11.6. The molecule has 0 aliphatic heterocycles. The van der Waals surface area contributed by atoms with Gasteiger partial charge in [-0.1, -0.05) is 13.8 Å². The molecule has 0 fully saturated rings. The molecule has 0 saturated heterocycles. The van der Waals surface area contributed by atoms with Crippen LogP contribution in [0.1, 0.15) is 13.8 Å². The molecule has 9 heteroatoms. The molecule has 0 rings (SSSR count). The lowest BCUT2D eigenvalue weighted by Gasteiger charge is -2.26. The molecule has 0 aromatic rings. The minimum atomic E-state index is -2.15. The van der Waals surface area contributed by atoms with Crippen LogP contribution in [0, 0.1) is 5.92 Å². The Morgan fingerprint density at radius 2 is 1.55 bits per heavy atom. The van der Waals surface area contributed by atoms with Crippen molar-refractivity contribution < 1.29 is 40.2 Å². The van der Waals surface area contributed by atoms with Gasteiger partial charge in [0.2, 0.25) is 0 Å². The third-order valence-corrected chi connectivity index (χ3v) is 2.75. The average Bonchev–Trinajstić information content (AvgIpc) is 2.39. The van der Waals surface area contributed by atoms with Crippen molar-refractivity contribution in [3.8, 4) is 0 Å². The van der Waals surface area contributed by atoms with E-state index in [2.05, 4.69) is 0 Å². The Morgan fingerprint density at radius 1 is 1.05 bits per heavy atom. The summed E-state index contributed by atoms with van der Waals surface area (Å²) in [6, 6.07) is -1.27. The molecule has 5 atom stereocenters. The molecule has 0 radical (unpaired) electrons. The number of carbonyl (C=O) groups excluding carboxylic acids is 1. The van der Waals surface area contributed by atoms with Gasteiger partial charge in [0.15, 0.2) is 6.10 Å². The summed E-state index contributed by atoms with van der Waals surface area (Å²) in [6.07, 6.45) is -7.92. The van der Waals surface area contributed by atoms with Crippen molar-refractivity contribution in [1.82, 2.24) is 5.32 Å². The maximum atomic E-state index is 11.6. The van der Waals surface area contributed by atoms with Crippen LogP contribution in [0.2, 0.25) is 0 Å². The molecule has 0 spiro atoms. The van der Waals surface area contributed by atoms with Gasteiger partial charge in [-0.2, -0.15) is 0 Å². The van der Waals surface area contributed by atoms with Crippen LogP contribution in [0.15, 0.2) is 0 Å². The average molecular weight is 295 g/mol. The zero-order valence-electron chi connectivity index (χ0n) is 11.2. The van der Waals surface area contributed by atoms with Gasteiger partial charge in [-0.3, -0.25) is 4.79 Å². The van der Waals surface area contributed by atoms with E-state index in [-0.39, 0.29) is 0 Å². The Morgan fingerprint density at radius 3 is 1.90 bits per heavy atom. The number of amides is 1. The number of nitrogens with one attached hydrogen (secondary N) is 1. The highest BCUT2D eigenvalue weighted by Crippen LogP contribution is 2.07. The SMILES string of the molecule is CC(C)[C@H](NC(=O)[C@H](O)[C@H](O)[C@H](O)[C@@H](O)CO)C(=O)O. The highest BCUT2D eigenvalue weighted by atomic mass is 16.4. The van der Waals surface area contributed by atoms with Crippen LogP contribution in [-0.4, -0.2) is 79.6 Å². The second-order valence-corrected chi connectivity index (χ2v) is 4.74. The van der Waals surface area contributed by atoms with Gasteiger partial charge >= 0.3 is 5.97 Å². The summed E-state index contributed by atoms with van der Waals surface area (Å²) in [6.45, 7) is 2.19. The number of aliphatic carboxylic acids is 1. The zero-order chi connectivity index (χ0) is 16.0. The summed E-state index contributed by atoms with van der Waals surface area (Å²) >= 11 is 0. The molecular formula is C11H21NO8. The molecule has 1 amide bonds. The van der Waals surface area contributed by atoms with E-state index in [0.29, 0.717) is 0 Å². The Bertz CT molecular complexity index is 334. The predicted molar refractivity (Wildman–Crippen MR) is 65.5 cm³/mol. The third kappa shape index (κ3) is 5.02. The van der Waals surface area contributed by atoms with E-state index in [9.17, 15) is 24.9 Å². The van der Waals surface area contributed by atoms with Gasteiger partial charge in [-0.05, 0) is 5.92 Å². The second kappa shape index (κ2) is 8.12. The van der Waals surface area contributed by atoms with Crippen molar-refractivity contribution >= 4 is 11.9 Å². The minimum Gasteiger partial charge on any atom is -0.480 e. The number of carbonyl (C=O) groups is 2. The summed E-state index contributed by atoms with van der Waals surface area (Å²) in [5.74, 6) is -2.98. The van der Waals surface area contributed by atoms with Gasteiger partial charge < -0.3 is 36.0 Å². The van der Waals surface area contributed by atoms with Gasteiger partial charge in [-0.25, -0.2) is 4.79 Å². The first-order chi connectivity index (χ1) is 9.13. The third-order valence-electron chi connectivity index (χ3n) is 2.75. The van der Waals surface area contributed by atoms with Crippen LogP contribution in [-0.2, 0) is 9.59 Å². The van der Waals surface area contributed by atoms with E-state index in [0.717, 1.165) is 0 Å². The van der Waals surface area contributed by atoms with Gasteiger partial charge in [0.1, 0.15) is 24.4 Å². The number of aliphatic hydroxyl groups excluding tert-OH is 5. The van der Waals surface area contributed by atoms with Gasteiger partial charge in [0, 0.05) is 0 Å². The number of hydrogen-bond acceptors (Lipinski definition) is 7. The van der Waals surface area contributed by atoms with E-state index in [1.165, 1.54) is 13.8 Å². The monoisotopic (exact) mass is 295 g/mol. The molecule has 0 aliphatic carbocycles. The molecule has 0 aromatic carbocycles. The Labute approximate surface area is 115 Å². The minimum absolute atomic E-state index is 0.464. The van der Waals surface area contributed by atoms with E-state index in [1.807, 2.05) is 5.32 Å². The number of carboxylic acids is 1. The molecule has 9 nitrogen and oxygen atoms in total. The van der Waals surface area contributed by atoms with Crippen molar-refractivity contribution in [3.05, 3.63) is 0 Å². The number of hydrogen-bond donors (Lipinski definition) is 7. The van der Waals surface area contributed by atoms with Gasteiger partial charge in [-0.15, -0.1) is 0 Å². The fraction of sp³-hybridized carbons (Fsp3) is 0.818. The lowest BCUT2D eigenvalue weighted by atomic mass is 10.0. The molecule has 0 heterocycles. The molecule has 0 aliphatic rings. The van der Waals surface area contributed by atoms with E-state index in [4.69, 9.17) is 15.3 Å². The first kappa shape index (κ1) is 18.7. The van der Waals surface area contributed by atoms with E-state index in [1.54, 1.807) is 0 Å². The molecule has 0 aromatic heterocycles. The molecule has 118 valence electrons. The summed E-state index contributed by atoms with van der Waals surface area (Å²) in [5, 5.41) is 56.9. The lowest BCUT2D eigenvalue weighted by Crippen LogP contribution is -2.55. The van der Waals surface area contributed by atoms with Crippen LogP contribution >= 0.6 is 0 Å². The molecule has 0 bridgehead atoms. The molecule has 0 unspecified atom stereocenters. The maximum Gasteiger partial charge on any atom is 0.326 e. The highest BCUT2D eigenvalue weighted by Gasteiger charge is 2.36. The lowest BCUT2D eigenvalue weighted by molar-refractivity contribution is -0.153. The van der Waals surface area contributed by atoms with Crippen molar-refractivity contribution in [2.24, 2.45) is 5.92 Å². The fourth-order valence-electron chi connectivity index (χ4n) is 1.43. The summed E-state index contributed by atoms with van der Waals surface area (Å²) in [4.78, 5) is 22.5. The molecule has 7 N–H and O–H groups in total. The highest BCUT2D eigenvalue weighted by molar-refractivity contribution is 5.86. The van der Waals surface area contributed by atoms with E-state index < -0.39 is 54.9 Å². The Hall–Kier alpha value is -1.26. The first-order valence-electron chi connectivity index (χ1n) is 5.99. The van der Waals surface area contributed by atoms with Gasteiger partial charge in [0.05, 0.1) is 6.61 Å². The van der Waals surface area contributed by atoms with Crippen LogP contribution in [0.4, 0.5) is 0 Å². The van der Waals surface area contributed by atoms with Crippen LogP contribution in [0.3, 0.4) is 0 Å². The second-order valence-electron chi connectivity index (χ2n) is 4.74. The first-order valence-corrected chi connectivity index (χ1v) is 5.99. The standard InChI is InChI=1S/C11H21NO8/c1-4(2)6(11(19)20)12-10(18)9(17)8(16)7(15)5(14)3-13/h4-9,13-17H,3H2,1-2H3,(H,12,18)(H,19,20)/t5-,6-,7+,8+,9+/m0/s1. The predicted octanol–water partition coefficient (Wildman–Crippen LogP) is -3.35. The molecule has 0 saturated carbocycles. The summed E-state index contributed by atoms with van der Waals surface area (Å²) < 4.78 is 0. The number of rotatable bonds is 8. The Kier molecular flexibility index (Phi) is 7.61. The summed E-state index contributed by atoms with van der Waals surface area (Å²) in [5.41, 5.74) is 0. The Balaban J connectivity index is 4.72. The largest absolute Gasteiger partial charge is 0.480 e. The summed E-state index contributed by atoms with van der Waals surface area (Å²) in [7, 11) is 0. The van der Waals surface area contributed by atoms with Crippen LogP contribution < -0.4 is 5.32 Å². The zero-order valence-corrected chi connectivity index (χ0v) is 11.2. The number of aliphatic hydroxyl groups is 5. The molecule has 20 heavy (non-hydrogen) atoms. The van der Waals surface area contributed by atoms with Crippen LogP contribution in [0.5, 0.6) is 0 Å². The van der Waals surface area contributed by atoms with Crippen molar-refractivity contribution in [3.63, 3.8) is 0 Å². The van der Waals surface area contributed by atoms with Crippen molar-refractivity contribution in [2.75, 3.05) is 6.61 Å². The topological polar surface area (TPSA) is 168 Å². The fourth-order valence-corrected chi connectivity index (χ4v) is 1.43. The van der Waals surface area contributed by atoms with E-state index >= 15 is 0 Å². The number of carboxylic acid groups (broad SMARTS) is 1. The molecular weight excluding hydrogens is 274 g/mol. The van der Waals surface area contributed by atoms with Crippen LogP contribution in [0.25, 0.3) is 0 Å². The normalized spacial score (nSPS) is 19.0. The van der Waals surface area contributed by atoms with Crippen molar-refractivity contribution in [2.45, 2.75) is 44.3 Å². The quantitative estimate of drug-likeness (QED) is 0.244.